The van der Waals surface area contributed by atoms with Gasteiger partial charge in [-0.25, -0.2) is 0 Å². The number of hydrogen-bond acceptors (Lipinski definition) is 2. The molecule has 1 aliphatic rings. The Morgan fingerprint density at radius 2 is 2.35 bits per heavy atom. The molecule has 1 aromatic carbocycles. The number of aryl methyl sites for hydroxylation is 1. The number of hydrogen-bond donors (Lipinski definition) is 1. The van der Waals surface area contributed by atoms with E-state index in [1.54, 1.807) is 7.11 Å². The summed E-state index contributed by atoms with van der Waals surface area (Å²) < 4.78 is 5.44. The Bertz CT molecular complexity index is 397. The van der Waals surface area contributed by atoms with Crippen molar-refractivity contribution in [3.05, 3.63) is 41.5 Å². The maximum absolute atomic E-state index is 5.44. The Morgan fingerprint density at radius 1 is 1.53 bits per heavy atom. The predicted octanol–water partition coefficient (Wildman–Crippen LogP) is 2.72. The van der Waals surface area contributed by atoms with Crippen LogP contribution >= 0.6 is 0 Å². The highest BCUT2D eigenvalue weighted by atomic mass is 16.5. The van der Waals surface area contributed by atoms with Crippen molar-refractivity contribution in [3.63, 3.8) is 0 Å². The van der Waals surface area contributed by atoms with Crippen LogP contribution in [-0.2, 0) is 12.8 Å². The van der Waals surface area contributed by atoms with E-state index in [2.05, 4.69) is 37.0 Å². The molecule has 2 nitrogen and oxygen atoms in total. The van der Waals surface area contributed by atoms with Crippen LogP contribution in [0, 0.1) is 0 Å². The van der Waals surface area contributed by atoms with E-state index in [1.165, 1.54) is 23.1 Å². The van der Waals surface area contributed by atoms with E-state index in [-0.39, 0.29) is 0 Å². The summed E-state index contributed by atoms with van der Waals surface area (Å²) in [5.41, 5.74) is 4.01. The van der Waals surface area contributed by atoms with Crippen LogP contribution in [0.1, 0.15) is 24.5 Å². The zero-order valence-electron chi connectivity index (χ0n) is 10.8. The second kappa shape index (κ2) is 5.37. The monoisotopic (exact) mass is 231 g/mol. The zero-order chi connectivity index (χ0) is 12.3. The van der Waals surface area contributed by atoms with Crippen molar-refractivity contribution in [1.82, 2.24) is 5.32 Å². The van der Waals surface area contributed by atoms with Gasteiger partial charge in [0.25, 0.3) is 0 Å². The maximum atomic E-state index is 5.44. The normalized spacial score (nSPS) is 18.6. The molecule has 0 spiro atoms. The van der Waals surface area contributed by atoms with Crippen molar-refractivity contribution in [2.75, 3.05) is 13.7 Å². The summed E-state index contributed by atoms with van der Waals surface area (Å²) in [4.78, 5) is 0. The molecule has 1 aromatic rings. The molecule has 1 N–H and O–H groups in total. The Kier molecular flexibility index (Phi) is 3.85. The average molecular weight is 231 g/mol. The van der Waals surface area contributed by atoms with Gasteiger partial charge in [-0.1, -0.05) is 24.3 Å². The first kappa shape index (κ1) is 12.2. The van der Waals surface area contributed by atoms with Crippen LogP contribution in [-0.4, -0.2) is 19.7 Å². The van der Waals surface area contributed by atoms with Crippen LogP contribution in [0.5, 0.6) is 5.75 Å². The molecule has 0 bridgehead atoms. The minimum Gasteiger partial charge on any atom is -0.496 e. The van der Waals surface area contributed by atoms with Crippen LogP contribution < -0.4 is 10.1 Å². The lowest BCUT2D eigenvalue weighted by atomic mass is 9.87. The van der Waals surface area contributed by atoms with E-state index in [0.29, 0.717) is 6.04 Å². The van der Waals surface area contributed by atoms with Gasteiger partial charge in [0.05, 0.1) is 7.11 Å². The summed E-state index contributed by atoms with van der Waals surface area (Å²) in [5.74, 6) is 1.03. The molecular weight excluding hydrogens is 210 g/mol. The Labute approximate surface area is 104 Å². The number of benzene rings is 1. The third-order valence-corrected chi connectivity index (χ3v) is 3.36. The molecule has 1 aliphatic carbocycles. The number of nitrogens with one attached hydrogen (secondary N) is 1. The molecule has 1 unspecified atom stereocenters. The van der Waals surface area contributed by atoms with Gasteiger partial charge in [-0.3, -0.25) is 0 Å². The van der Waals surface area contributed by atoms with E-state index < -0.39 is 0 Å². The molecule has 2 rings (SSSR count). The second-order valence-corrected chi connectivity index (χ2v) is 4.88. The lowest BCUT2D eigenvalue weighted by Gasteiger charge is -2.27. The van der Waals surface area contributed by atoms with Crippen LogP contribution in [0.25, 0.3) is 0 Å². The molecule has 0 fully saturated rings. The lowest BCUT2D eigenvalue weighted by molar-refractivity contribution is 0.396. The van der Waals surface area contributed by atoms with Gasteiger partial charge in [0.2, 0.25) is 0 Å². The Morgan fingerprint density at radius 3 is 3.06 bits per heavy atom. The first-order chi connectivity index (χ1) is 8.20. The lowest BCUT2D eigenvalue weighted by Crippen LogP contribution is -2.35. The number of rotatable bonds is 4. The SMILES string of the molecule is C=C(C)CNC1CCc2cccc(OC)c2C1. The van der Waals surface area contributed by atoms with Gasteiger partial charge in [-0.2, -0.15) is 0 Å². The quantitative estimate of drug-likeness (QED) is 0.804. The molecule has 0 aromatic heterocycles. The molecule has 1 atom stereocenters. The Hall–Kier alpha value is -1.28. The highest BCUT2D eigenvalue weighted by Crippen LogP contribution is 2.29. The van der Waals surface area contributed by atoms with Gasteiger partial charge >= 0.3 is 0 Å². The minimum absolute atomic E-state index is 0.551. The molecule has 92 valence electrons. The topological polar surface area (TPSA) is 21.3 Å². The molecule has 0 saturated carbocycles. The molecule has 17 heavy (non-hydrogen) atoms. The van der Waals surface area contributed by atoms with E-state index in [1.807, 2.05) is 0 Å². The van der Waals surface area contributed by atoms with E-state index in [9.17, 15) is 0 Å². The minimum atomic E-state index is 0.551. The molecule has 0 amide bonds. The number of ether oxygens (including phenoxy) is 1. The van der Waals surface area contributed by atoms with Gasteiger partial charge in [0.1, 0.15) is 5.75 Å². The first-order valence-corrected chi connectivity index (χ1v) is 6.23. The average Bonchev–Trinajstić information content (AvgIpc) is 2.35. The van der Waals surface area contributed by atoms with Gasteiger partial charge < -0.3 is 10.1 Å². The van der Waals surface area contributed by atoms with E-state index >= 15 is 0 Å². The van der Waals surface area contributed by atoms with Crippen LogP contribution in [0.2, 0.25) is 0 Å². The zero-order valence-corrected chi connectivity index (χ0v) is 10.8. The largest absolute Gasteiger partial charge is 0.496 e. The molecule has 0 radical (unpaired) electrons. The summed E-state index contributed by atoms with van der Waals surface area (Å²) >= 11 is 0. The third-order valence-electron chi connectivity index (χ3n) is 3.36. The summed E-state index contributed by atoms with van der Waals surface area (Å²) in [7, 11) is 1.75. The third kappa shape index (κ3) is 2.89. The number of methoxy groups -OCH3 is 1. The van der Waals surface area contributed by atoms with E-state index in [4.69, 9.17) is 4.74 Å². The molecule has 0 aliphatic heterocycles. The van der Waals surface area contributed by atoms with Crippen molar-refractivity contribution in [2.24, 2.45) is 0 Å². The highest BCUT2D eigenvalue weighted by Gasteiger charge is 2.20. The van der Waals surface area contributed by atoms with Crippen molar-refractivity contribution in [2.45, 2.75) is 32.2 Å². The fraction of sp³-hybridized carbons (Fsp3) is 0.467. The second-order valence-electron chi connectivity index (χ2n) is 4.88. The molecule has 2 heteroatoms. The first-order valence-electron chi connectivity index (χ1n) is 6.23. The fourth-order valence-corrected chi connectivity index (χ4v) is 2.44. The summed E-state index contributed by atoms with van der Waals surface area (Å²) in [5, 5.41) is 3.56. The van der Waals surface area contributed by atoms with Crippen molar-refractivity contribution >= 4 is 0 Å². The van der Waals surface area contributed by atoms with Gasteiger partial charge in [-0.15, -0.1) is 0 Å². The molecule has 0 saturated heterocycles. The van der Waals surface area contributed by atoms with Gasteiger partial charge in [-0.05, 0) is 43.4 Å². The smallest absolute Gasteiger partial charge is 0.122 e. The Balaban J connectivity index is 2.09. The van der Waals surface area contributed by atoms with Crippen LogP contribution in [0.3, 0.4) is 0 Å². The summed E-state index contributed by atoms with van der Waals surface area (Å²) in [6.45, 7) is 6.90. The van der Waals surface area contributed by atoms with E-state index in [0.717, 1.165) is 25.1 Å². The number of fused-ring (bicyclic) bond motifs is 1. The van der Waals surface area contributed by atoms with Gasteiger partial charge in [0, 0.05) is 12.6 Å². The van der Waals surface area contributed by atoms with Crippen molar-refractivity contribution < 1.29 is 4.74 Å². The summed E-state index contributed by atoms with van der Waals surface area (Å²) in [6, 6.07) is 6.90. The standard InChI is InChI=1S/C15H21NO/c1-11(2)10-16-13-8-7-12-5-4-6-15(17-3)14(12)9-13/h4-6,13,16H,1,7-10H2,2-3H3. The van der Waals surface area contributed by atoms with Crippen molar-refractivity contribution in [1.29, 1.82) is 0 Å². The van der Waals surface area contributed by atoms with Crippen LogP contribution in [0.4, 0.5) is 0 Å². The molecule has 0 heterocycles. The van der Waals surface area contributed by atoms with Crippen LogP contribution in [0.15, 0.2) is 30.4 Å². The predicted molar refractivity (Wildman–Crippen MR) is 71.6 cm³/mol. The highest BCUT2D eigenvalue weighted by molar-refractivity contribution is 5.42. The molecular formula is C15H21NO. The maximum Gasteiger partial charge on any atom is 0.122 e. The van der Waals surface area contributed by atoms with Gasteiger partial charge in [0.15, 0.2) is 0 Å². The van der Waals surface area contributed by atoms with Crippen molar-refractivity contribution in [3.8, 4) is 5.75 Å². The summed E-state index contributed by atoms with van der Waals surface area (Å²) in [6.07, 6.45) is 3.40. The fourth-order valence-electron chi connectivity index (χ4n) is 2.44.